The second kappa shape index (κ2) is 11.6. The topological polar surface area (TPSA) is 94.2 Å². The number of nitrogens with one attached hydrogen (secondary N) is 1. The Morgan fingerprint density at radius 3 is 2.20 bits per heavy atom. The lowest BCUT2D eigenvalue weighted by Gasteiger charge is -2.24. The minimum atomic E-state index is -3.72. The van der Waals surface area contributed by atoms with Gasteiger partial charge in [-0.1, -0.05) is 30.3 Å². The summed E-state index contributed by atoms with van der Waals surface area (Å²) in [6, 6.07) is 21.1. The van der Waals surface area contributed by atoms with Crippen LogP contribution in [0, 0.1) is 0 Å². The maximum absolute atomic E-state index is 12.8. The summed E-state index contributed by atoms with van der Waals surface area (Å²) in [6.45, 7) is 1.81. The maximum Gasteiger partial charge on any atom is 0.241 e. The van der Waals surface area contributed by atoms with E-state index in [0.717, 1.165) is 16.1 Å². The summed E-state index contributed by atoms with van der Waals surface area (Å²) >= 11 is 0. The van der Waals surface area contributed by atoms with Gasteiger partial charge in [-0.2, -0.15) is 0 Å². The van der Waals surface area contributed by atoms with Gasteiger partial charge in [0.15, 0.2) is 0 Å². The van der Waals surface area contributed by atoms with Crippen LogP contribution >= 0.6 is 0 Å². The van der Waals surface area contributed by atoms with Crippen molar-refractivity contribution in [2.24, 2.45) is 0 Å². The van der Waals surface area contributed by atoms with Gasteiger partial charge in [0.05, 0.1) is 32.2 Å². The molecular weight excluding hydrogens is 468 g/mol. The molecule has 0 aliphatic rings. The number of carbonyl (C=O) groups excluding carboxylic acids is 1. The van der Waals surface area contributed by atoms with Crippen LogP contribution in [0.15, 0.2) is 72.8 Å². The average molecular weight is 499 g/mol. The summed E-state index contributed by atoms with van der Waals surface area (Å²) in [7, 11) is -0.626. The number of carbonyl (C=O) groups is 1. The van der Waals surface area contributed by atoms with Gasteiger partial charge < -0.3 is 19.5 Å². The molecule has 0 spiro atoms. The summed E-state index contributed by atoms with van der Waals surface area (Å²) in [5, 5.41) is 2.84. The third-order valence-corrected chi connectivity index (χ3v) is 6.48. The van der Waals surface area contributed by atoms with E-state index in [1.54, 1.807) is 63.6 Å². The van der Waals surface area contributed by atoms with E-state index in [0.29, 0.717) is 35.1 Å². The lowest BCUT2D eigenvalue weighted by Crippen LogP contribution is -2.41. The molecule has 35 heavy (non-hydrogen) atoms. The van der Waals surface area contributed by atoms with Crippen LogP contribution in [0.4, 0.5) is 5.69 Å². The molecule has 0 aliphatic heterocycles. The van der Waals surface area contributed by atoms with Crippen molar-refractivity contribution in [3.63, 3.8) is 0 Å². The first-order valence-electron chi connectivity index (χ1n) is 11.0. The zero-order valence-electron chi connectivity index (χ0n) is 20.2. The van der Waals surface area contributed by atoms with Crippen molar-refractivity contribution < 1.29 is 27.4 Å². The summed E-state index contributed by atoms with van der Waals surface area (Å²) < 4.78 is 42.4. The Balaban J connectivity index is 1.69. The van der Waals surface area contributed by atoms with E-state index < -0.39 is 22.0 Å². The van der Waals surface area contributed by atoms with Crippen molar-refractivity contribution in [3.8, 4) is 17.2 Å². The number of sulfonamides is 1. The van der Waals surface area contributed by atoms with E-state index in [9.17, 15) is 13.2 Å². The fourth-order valence-corrected chi connectivity index (χ4v) is 4.38. The molecule has 0 saturated carbocycles. The Kier molecular flexibility index (Phi) is 8.59. The smallest absolute Gasteiger partial charge is 0.241 e. The molecule has 0 saturated heterocycles. The van der Waals surface area contributed by atoms with Gasteiger partial charge in [0, 0.05) is 5.56 Å². The van der Waals surface area contributed by atoms with Gasteiger partial charge in [-0.25, -0.2) is 8.42 Å². The van der Waals surface area contributed by atoms with E-state index in [4.69, 9.17) is 14.2 Å². The summed E-state index contributed by atoms with van der Waals surface area (Å²) in [6.07, 6.45) is 1.06. The van der Waals surface area contributed by atoms with Crippen LogP contribution in [0.3, 0.4) is 0 Å². The van der Waals surface area contributed by atoms with Crippen LogP contribution in [0.5, 0.6) is 17.2 Å². The highest BCUT2D eigenvalue weighted by Gasteiger charge is 2.23. The molecule has 0 bridgehead atoms. The molecule has 0 aliphatic carbocycles. The molecule has 1 amide bonds. The van der Waals surface area contributed by atoms with Crippen LogP contribution in [-0.4, -0.2) is 41.3 Å². The van der Waals surface area contributed by atoms with Gasteiger partial charge >= 0.3 is 0 Å². The highest BCUT2D eigenvalue weighted by Crippen LogP contribution is 2.29. The predicted octanol–water partition coefficient (Wildman–Crippen LogP) is 3.93. The number of ether oxygens (including phenoxy) is 3. The number of hydrogen-bond donors (Lipinski definition) is 1. The predicted molar refractivity (Wildman–Crippen MR) is 136 cm³/mol. The first-order chi connectivity index (χ1) is 16.7. The summed E-state index contributed by atoms with van der Waals surface area (Å²) in [5.74, 6) is 1.34. The second-order valence-electron chi connectivity index (χ2n) is 7.93. The molecule has 1 atom stereocenters. The van der Waals surface area contributed by atoms with E-state index >= 15 is 0 Å². The highest BCUT2D eigenvalue weighted by atomic mass is 32.2. The number of amides is 1. The Labute approximate surface area is 206 Å². The van der Waals surface area contributed by atoms with Gasteiger partial charge in [0.1, 0.15) is 30.4 Å². The Bertz CT molecular complexity index is 1230. The van der Waals surface area contributed by atoms with Crippen molar-refractivity contribution in [1.29, 1.82) is 0 Å². The first kappa shape index (κ1) is 25.9. The largest absolute Gasteiger partial charge is 0.497 e. The minimum Gasteiger partial charge on any atom is -0.497 e. The van der Waals surface area contributed by atoms with Gasteiger partial charge in [-0.15, -0.1) is 0 Å². The zero-order valence-corrected chi connectivity index (χ0v) is 21.0. The molecule has 3 aromatic carbocycles. The maximum atomic E-state index is 12.8. The van der Waals surface area contributed by atoms with Crippen molar-refractivity contribution in [2.75, 3.05) is 31.3 Å². The zero-order chi connectivity index (χ0) is 25.4. The number of methoxy groups -OCH3 is 2. The number of nitrogens with zero attached hydrogens (tertiary/aromatic N) is 1. The van der Waals surface area contributed by atoms with E-state index in [-0.39, 0.29) is 6.54 Å². The number of rotatable bonds is 11. The van der Waals surface area contributed by atoms with Crippen molar-refractivity contribution in [2.45, 2.75) is 19.6 Å². The van der Waals surface area contributed by atoms with E-state index in [1.165, 1.54) is 0 Å². The molecule has 0 fully saturated rings. The fraction of sp³-hybridized carbons (Fsp3) is 0.269. The van der Waals surface area contributed by atoms with Crippen molar-refractivity contribution >= 4 is 21.6 Å². The molecule has 3 aromatic rings. The first-order valence-corrected chi connectivity index (χ1v) is 12.8. The van der Waals surface area contributed by atoms with Crippen LogP contribution < -0.4 is 23.8 Å². The average Bonchev–Trinajstić information content (AvgIpc) is 2.86. The highest BCUT2D eigenvalue weighted by molar-refractivity contribution is 7.92. The van der Waals surface area contributed by atoms with Crippen LogP contribution in [0.25, 0.3) is 0 Å². The fourth-order valence-electron chi connectivity index (χ4n) is 3.52. The van der Waals surface area contributed by atoms with Crippen molar-refractivity contribution in [3.05, 3.63) is 83.9 Å². The van der Waals surface area contributed by atoms with Gasteiger partial charge in [-0.05, 0) is 55.0 Å². The standard InChI is InChI=1S/C26H30N2O6S/c1-19(24-16-23(32-2)14-15-25(24)33-3)27-26(29)17-28(35(4,30)31)21-10-12-22(13-11-21)34-18-20-8-6-5-7-9-20/h5-16,19H,17-18H2,1-4H3,(H,27,29)/t19-/m1/s1. The monoisotopic (exact) mass is 498 g/mol. The van der Waals surface area contributed by atoms with Gasteiger partial charge in [0.2, 0.25) is 15.9 Å². The third kappa shape index (κ3) is 7.13. The molecule has 0 heterocycles. The number of hydrogen-bond acceptors (Lipinski definition) is 6. The normalized spacial score (nSPS) is 11.9. The lowest BCUT2D eigenvalue weighted by atomic mass is 10.1. The molecule has 0 unspecified atom stereocenters. The number of anilines is 1. The third-order valence-electron chi connectivity index (χ3n) is 5.34. The van der Waals surface area contributed by atoms with Crippen molar-refractivity contribution in [1.82, 2.24) is 5.32 Å². The molecule has 1 N–H and O–H groups in total. The molecule has 3 rings (SSSR count). The van der Waals surface area contributed by atoms with Gasteiger partial charge in [0.25, 0.3) is 0 Å². The van der Waals surface area contributed by atoms with E-state index in [1.807, 2.05) is 30.3 Å². The second-order valence-corrected chi connectivity index (χ2v) is 9.84. The van der Waals surface area contributed by atoms with Crippen LogP contribution in [-0.2, 0) is 21.4 Å². The quantitative estimate of drug-likeness (QED) is 0.431. The molecule has 186 valence electrons. The molecule has 9 heteroatoms. The van der Waals surface area contributed by atoms with Crippen LogP contribution in [0.2, 0.25) is 0 Å². The molecule has 0 radical (unpaired) electrons. The van der Waals surface area contributed by atoms with Crippen LogP contribution in [0.1, 0.15) is 24.1 Å². The minimum absolute atomic E-state index is 0.362. The van der Waals surface area contributed by atoms with E-state index in [2.05, 4.69) is 5.32 Å². The van der Waals surface area contributed by atoms with Gasteiger partial charge in [-0.3, -0.25) is 9.10 Å². The SMILES string of the molecule is COc1ccc(OC)c([C@@H](C)NC(=O)CN(c2ccc(OCc3ccccc3)cc2)S(C)(=O)=O)c1. The Morgan fingerprint density at radius 1 is 0.943 bits per heavy atom. The summed E-state index contributed by atoms with van der Waals surface area (Å²) in [5.41, 5.74) is 2.10. The number of benzene rings is 3. The lowest BCUT2D eigenvalue weighted by molar-refractivity contribution is -0.120. The Hall–Kier alpha value is -3.72. The summed E-state index contributed by atoms with van der Waals surface area (Å²) in [4.78, 5) is 12.8. The molecular formula is C26H30N2O6S. The Morgan fingerprint density at radius 2 is 1.60 bits per heavy atom. The molecule has 8 nitrogen and oxygen atoms in total. The molecule has 0 aromatic heterocycles.